The molecule has 0 bridgehead atoms. The van der Waals surface area contributed by atoms with Gasteiger partial charge in [0.2, 0.25) is 0 Å². The van der Waals surface area contributed by atoms with Crippen LogP contribution in [-0.4, -0.2) is 6.21 Å². The standard InChI is InChI=1S/C13H19N/c1-5-9-12(10-6-2)13(11-7-3)14-8-4/h5-11H,1-4H3/b9-5-,10-6-,11-7-,14-8?. The Hall–Kier alpha value is -1.37. The second-order valence-electron chi connectivity index (χ2n) is 2.73. The summed E-state index contributed by atoms with van der Waals surface area (Å²) < 4.78 is 0. The fourth-order valence-electron chi connectivity index (χ4n) is 1.10. The van der Waals surface area contributed by atoms with Crippen LogP contribution < -0.4 is 0 Å². The average Bonchev–Trinajstić information content (AvgIpc) is 2.17. The normalized spacial score (nSPS) is 12.6. The molecule has 1 nitrogen and oxygen atoms in total. The predicted octanol–water partition coefficient (Wildman–Crippen LogP) is 4.06. The highest BCUT2D eigenvalue weighted by molar-refractivity contribution is 5.58. The third-order valence-electron chi connectivity index (χ3n) is 1.58. The fourth-order valence-corrected chi connectivity index (χ4v) is 1.10. The van der Waals surface area contributed by atoms with Gasteiger partial charge in [0.15, 0.2) is 0 Å². The lowest BCUT2D eigenvalue weighted by Crippen LogP contribution is -1.81. The van der Waals surface area contributed by atoms with Crippen LogP contribution in [0.1, 0.15) is 27.7 Å². The summed E-state index contributed by atoms with van der Waals surface area (Å²) in [5, 5.41) is 0. The van der Waals surface area contributed by atoms with Crippen molar-refractivity contribution in [2.45, 2.75) is 27.7 Å². The molecule has 0 heterocycles. The molecule has 0 radical (unpaired) electrons. The van der Waals surface area contributed by atoms with Crippen LogP contribution in [0.5, 0.6) is 0 Å². The number of rotatable bonds is 4. The molecule has 0 saturated carbocycles. The quantitative estimate of drug-likeness (QED) is 0.467. The summed E-state index contributed by atoms with van der Waals surface area (Å²) in [5.74, 6) is 0. The minimum atomic E-state index is 0.992. The summed E-state index contributed by atoms with van der Waals surface area (Å²) >= 11 is 0. The molecular weight excluding hydrogens is 170 g/mol. The summed E-state index contributed by atoms with van der Waals surface area (Å²) in [7, 11) is 0. The summed E-state index contributed by atoms with van der Waals surface area (Å²) in [6.45, 7) is 7.93. The van der Waals surface area contributed by atoms with Gasteiger partial charge in [0, 0.05) is 6.21 Å². The molecule has 0 aliphatic carbocycles. The van der Waals surface area contributed by atoms with E-state index >= 15 is 0 Å². The van der Waals surface area contributed by atoms with Gasteiger partial charge in [-0.2, -0.15) is 0 Å². The molecule has 76 valence electrons. The lowest BCUT2D eigenvalue weighted by atomic mass is 10.1. The first kappa shape index (κ1) is 12.6. The Morgan fingerprint density at radius 1 is 0.786 bits per heavy atom. The number of hydrogen-bond acceptors (Lipinski definition) is 1. The van der Waals surface area contributed by atoms with E-state index in [9.17, 15) is 0 Å². The molecule has 0 aromatic heterocycles. The third-order valence-corrected chi connectivity index (χ3v) is 1.58. The minimum absolute atomic E-state index is 0.992. The molecule has 0 aromatic rings. The molecule has 0 amide bonds. The van der Waals surface area contributed by atoms with Crippen molar-refractivity contribution in [1.82, 2.24) is 0 Å². The van der Waals surface area contributed by atoms with Crippen molar-refractivity contribution in [3.8, 4) is 0 Å². The zero-order valence-corrected chi connectivity index (χ0v) is 9.49. The van der Waals surface area contributed by atoms with Crippen LogP contribution in [0, 0.1) is 0 Å². The lowest BCUT2D eigenvalue weighted by Gasteiger charge is -1.99. The van der Waals surface area contributed by atoms with Crippen LogP contribution in [-0.2, 0) is 0 Å². The summed E-state index contributed by atoms with van der Waals surface area (Å²) in [4.78, 5) is 4.32. The molecule has 0 N–H and O–H groups in total. The largest absolute Gasteiger partial charge is 0.261 e. The topological polar surface area (TPSA) is 12.4 Å². The zero-order chi connectivity index (χ0) is 10.8. The highest BCUT2D eigenvalue weighted by Gasteiger charge is 1.93. The van der Waals surface area contributed by atoms with Crippen molar-refractivity contribution >= 4 is 6.21 Å². The maximum atomic E-state index is 4.32. The van der Waals surface area contributed by atoms with Gasteiger partial charge < -0.3 is 0 Å². The van der Waals surface area contributed by atoms with E-state index in [4.69, 9.17) is 0 Å². The molecule has 0 fully saturated rings. The highest BCUT2D eigenvalue weighted by Crippen LogP contribution is 2.11. The monoisotopic (exact) mass is 189 g/mol. The predicted molar refractivity (Wildman–Crippen MR) is 65.6 cm³/mol. The first-order chi connectivity index (χ1) is 6.79. The van der Waals surface area contributed by atoms with E-state index in [1.54, 1.807) is 0 Å². The number of aliphatic imine (C=N–C) groups is 1. The lowest BCUT2D eigenvalue weighted by molar-refractivity contribution is 1.35. The van der Waals surface area contributed by atoms with Crippen molar-refractivity contribution in [3.63, 3.8) is 0 Å². The van der Waals surface area contributed by atoms with Crippen LogP contribution in [0.25, 0.3) is 0 Å². The summed E-state index contributed by atoms with van der Waals surface area (Å²) in [6, 6.07) is 0. The molecule has 0 aromatic carbocycles. The Labute approximate surface area is 87.3 Å². The third kappa shape index (κ3) is 4.61. The Morgan fingerprint density at radius 3 is 1.64 bits per heavy atom. The number of allylic oxidation sites excluding steroid dienone is 7. The van der Waals surface area contributed by atoms with Crippen LogP contribution in [0.15, 0.2) is 52.7 Å². The highest BCUT2D eigenvalue weighted by atomic mass is 14.7. The van der Waals surface area contributed by atoms with Crippen LogP contribution in [0.2, 0.25) is 0 Å². The smallest absolute Gasteiger partial charge is 0.0694 e. The van der Waals surface area contributed by atoms with Crippen molar-refractivity contribution in [2.75, 3.05) is 0 Å². The van der Waals surface area contributed by atoms with Crippen molar-refractivity contribution in [3.05, 3.63) is 47.7 Å². The zero-order valence-electron chi connectivity index (χ0n) is 9.49. The van der Waals surface area contributed by atoms with Gasteiger partial charge in [-0.3, -0.25) is 4.99 Å². The molecule has 0 unspecified atom stereocenters. The number of hydrogen-bond donors (Lipinski definition) is 0. The molecular formula is C13H19N. The minimum Gasteiger partial charge on any atom is -0.261 e. The van der Waals surface area contributed by atoms with E-state index in [1.807, 2.05) is 58.2 Å². The Kier molecular flexibility index (Phi) is 7.43. The number of nitrogens with zero attached hydrogens (tertiary/aromatic N) is 1. The maximum absolute atomic E-state index is 4.32. The molecule has 0 atom stereocenters. The Morgan fingerprint density at radius 2 is 1.29 bits per heavy atom. The van der Waals surface area contributed by atoms with Gasteiger partial charge in [-0.1, -0.05) is 30.4 Å². The molecule has 0 aliphatic heterocycles. The SMILES string of the molecule is CC=NC(/C=C\C)=C(/C=C\C)/C=C\C. The molecule has 14 heavy (non-hydrogen) atoms. The first-order valence-electron chi connectivity index (χ1n) is 4.91. The second-order valence-corrected chi connectivity index (χ2v) is 2.73. The Balaban J connectivity index is 5.23. The van der Waals surface area contributed by atoms with Crippen LogP contribution in [0.4, 0.5) is 0 Å². The van der Waals surface area contributed by atoms with E-state index in [-0.39, 0.29) is 0 Å². The van der Waals surface area contributed by atoms with Crippen molar-refractivity contribution in [1.29, 1.82) is 0 Å². The van der Waals surface area contributed by atoms with Crippen molar-refractivity contribution in [2.24, 2.45) is 4.99 Å². The van der Waals surface area contributed by atoms with Crippen molar-refractivity contribution < 1.29 is 0 Å². The average molecular weight is 189 g/mol. The van der Waals surface area contributed by atoms with Gasteiger partial charge in [0.1, 0.15) is 0 Å². The molecule has 1 heteroatoms. The molecule has 0 saturated heterocycles. The van der Waals surface area contributed by atoms with Gasteiger partial charge >= 0.3 is 0 Å². The summed E-state index contributed by atoms with van der Waals surface area (Å²) in [6.07, 6.45) is 14.0. The second kappa shape index (κ2) is 8.24. The van der Waals surface area contributed by atoms with Crippen LogP contribution >= 0.6 is 0 Å². The summed E-state index contributed by atoms with van der Waals surface area (Å²) in [5.41, 5.74) is 2.12. The van der Waals surface area contributed by atoms with Gasteiger partial charge in [0.05, 0.1) is 5.70 Å². The van der Waals surface area contributed by atoms with Crippen LogP contribution in [0.3, 0.4) is 0 Å². The van der Waals surface area contributed by atoms with E-state index in [0.717, 1.165) is 11.3 Å². The molecule has 0 aliphatic rings. The van der Waals surface area contributed by atoms with E-state index in [0.29, 0.717) is 0 Å². The maximum Gasteiger partial charge on any atom is 0.0694 e. The van der Waals surface area contributed by atoms with E-state index in [2.05, 4.69) is 17.1 Å². The first-order valence-corrected chi connectivity index (χ1v) is 4.91. The molecule has 0 spiro atoms. The Bertz CT molecular complexity index is 230. The van der Waals surface area contributed by atoms with E-state index in [1.165, 1.54) is 0 Å². The molecule has 0 rings (SSSR count). The van der Waals surface area contributed by atoms with Gasteiger partial charge in [-0.05, 0) is 39.3 Å². The fraction of sp³-hybridized carbons (Fsp3) is 0.308. The van der Waals surface area contributed by atoms with E-state index < -0.39 is 0 Å². The van der Waals surface area contributed by atoms with Gasteiger partial charge in [-0.25, -0.2) is 0 Å². The van der Waals surface area contributed by atoms with Gasteiger partial charge in [0.25, 0.3) is 0 Å². The van der Waals surface area contributed by atoms with Gasteiger partial charge in [-0.15, -0.1) is 0 Å².